The first-order valence-electron chi connectivity index (χ1n) is 8.55. The van der Waals surface area contributed by atoms with Gasteiger partial charge in [0.05, 0.1) is 26.9 Å². The van der Waals surface area contributed by atoms with E-state index < -0.39 is 11.1 Å². The number of carbonyl (C=O) groups excluding carboxylic acids is 1. The van der Waals surface area contributed by atoms with Gasteiger partial charge in [-0.3, -0.25) is 19.9 Å². The molecule has 1 aliphatic rings. The number of benzene rings is 2. The van der Waals surface area contributed by atoms with Crippen LogP contribution in [-0.2, 0) is 6.54 Å². The maximum Gasteiger partial charge on any atom is 0.271 e. The quantitative estimate of drug-likeness (QED) is 0.511. The summed E-state index contributed by atoms with van der Waals surface area (Å²) in [6.07, 6.45) is 1.02. The third-order valence-electron chi connectivity index (χ3n) is 4.55. The number of anilines is 1. The number of carbonyl (C=O) groups is 1. The fourth-order valence-electron chi connectivity index (χ4n) is 3.21. The number of rotatable bonds is 5. The van der Waals surface area contributed by atoms with Crippen LogP contribution in [0.5, 0.6) is 0 Å². The number of fused-ring (bicyclic) bond motifs is 1. The van der Waals surface area contributed by atoms with Crippen molar-refractivity contribution in [2.24, 2.45) is 0 Å². The molecule has 2 aromatic carbocycles. The van der Waals surface area contributed by atoms with Crippen molar-refractivity contribution in [1.82, 2.24) is 9.88 Å². The van der Waals surface area contributed by atoms with Gasteiger partial charge >= 0.3 is 0 Å². The molecule has 0 saturated carbocycles. The molecule has 3 aromatic rings. The normalized spacial score (nSPS) is 15.4. The van der Waals surface area contributed by atoms with Gasteiger partial charge in [0.2, 0.25) is 0 Å². The Labute approximate surface area is 165 Å². The lowest BCUT2D eigenvalue weighted by Crippen LogP contribution is -2.32. The monoisotopic (exact) mass is 394 g/mol. The van der Waals surface area contributed by atoms with Gasteiger partial charge in [-0.2, -0.15) is 0 Å². The van der Waals surface area contributed by atoms with Crippen molar-refractivity contribution < 1.29 is 9.72 Å². The number of nitro groups is 1. The summed E-state index contributed by atoms with van der Waals surface area (Å²) in [6.45, 7) is 0.361. The van der Waals surface area contributed by atoms with Gasteiger partial charge in [-0.25, -0.2) is 0 Å². The van der Waals surface area contributed by atoms with Crippen molar-refractivity contribution in [1.29, 1.82) is 0 Å². The highest BCUT2D eigenvalue weighted by molar-refractivity contribution is 6.33. The lowest BCUT2D eigenvalue weighted by Gasteiger charge is -2.27. The number of pyridine rings is 1. The van der Waals surface area contributed by atoms with Crippen LogP contribution in [0.2, 0.25) is 5.02 Å². The maximum atomic E-state index is 13.0. The molecule has 0 aliphatic carbocycles. The second kappa shape index (κ2) is 7.28. The Kier molecular flexibility index (Phi) is 4.67. The zero-order chi connectivity index (χ0) is 19.7. The molecule has 4 rings (SSSR count). The van der Waals surface area contributed by atoms with E-state index >= 15 is 0 Å². The Morgan fingerprint density at radius 3 is 2.68 bits per heavy atom. The average Bonchev–Trinajstić information content (AvgIpc) is 2.96. The highest BCUT2D eigenvalue weighted by Crippen LogP contribution is 2.37. The molecule has 0 fully saturated rings. The Hall–Kier alpha value is -3.45. The maximum absolute atomic E-state index is 13.0. The van der Waals surface area contributed by atoms with Crippen LogP contribution in [-0.4, -0.2) is 20.7 Å². The molecule has 140 valence electrons. The molecule has 8 heteroatoms. The average molecular weight is 395 g/mol. The molecule has 0 saturated heterocycles. The third-order valence-corrected chi connectivity index (χ3v) is 4.88. The summed E-state index contributed by atoms with van der Waals surface area (Å²) < 4.78 is 0. The number of amides is 1. The van der Waals surface area contributed by atoms with E-state index in [4.69, 9.17) is 11.6 Å². The topological polar surface area (TPSA) is 88.4 Å². The molecule has 1 N–H and O–H groups in total. The lowest BCUT2D eigenvalue weighted by molar-refractivity contribution is -0.384. The van der Waals surface area contributed by atoms with Gasteiger partial charge in [0.25, 0.3) is 11.6 Å². The number of halogens is 1. The molecule has 1 aliphatic heterocycles. The minimum atomic E-state index is -0.594. The number of nitrogens with zero attached hydrogens (tertiary/aromatic N) is 3. The zero-order valence-electron chi connectivity index (χ0n) is 14.6. The summed E-state index contributed by atoms with van der Waals surface area (Å²) in [4.78, 5) is 29.6. The molecule has 1 aromatic heterocycles. The summed E-state index contributed by atoms with van der Waals surface area (Å²) >= 11 is 6.24. The predicted octanol–water partition coefficient (Wildman–Crippen LogP) is 4.41. The van der Waals surface area contributed by atoms with Gasteiger partial charge in [-0.05, 0) is 23.8 Å². The molecule has 0 radical (unpaired) electrons. The number of nitro benzene ring substituents is 1. The molecule has 2 heterocycles. The largest absolute Gasteiger partial charge is 0.359 e. The zero-order valence-corrected chi connectivity index (χ0v) is 15.3. The molecule has 1 unspecified atom stereocenters. The molecule has 0 bridgehead atoms. The Morgan fingerprint density at radius 1 is 1.14 bits per heavy atom. The van der Waals surface area contributed by atoms with Gasteiger partial charge < -0.3 is 10.2 Å². The fraction of sp³-hybridized carbons (Fsp3) is 0.100. The smallest absolute Gasteiger partial charge is 0.271 e. The van der Waals surface area contributed by atoms with E-state index in [0.29, 0.717) is 28.5 Å². The van der Waals surface area contributed by atoms with Crippen LogP contribution in [0, 0.1) is 10.1 Å². The molecule has 1 amide bonds. The predicted molar refractivity (Wildman–Crippen MR) is 105 cm³/mol. The minimum Gasteiger partial charge on any atom is -0.359 e. The van der Waals surface area contributed by atoms with Crippen LogP contribution in [0.25, 0.3) is 0 Å². The lowest BCUT2D eigenvalue weighted by atomic mass is 10.2. The van der Waals surface area contributed by atoms with Crippen molar-refractivity contribution in [3.05, 3.63) is 98.8 Å². The Morgan fingerprint density at radius 2 is 1.93 bits per heavy atom. The van der Waals surface area contributed by atoms with Crippen LogP contribution in [0.3, 0.4) is 0 Å². The molecule has 7 nitrogen and oxygen atoms in total. The highest BCUT2D eigenvalue weighted by atomic mass is 35.5. The summed E-state index contributed by atoms with van der Waals surface area (Å²) in [5.74, 6) is -0.161. The first kappa shape index (κ1) is 17.9. The van der Waals surface area contributed by atoms with Gasteiger partial charge in [-0.15, -0.1) is 0 Å². The highest BCUT2D eigenvalue weighted by Gasteiger charge is 2.38. The van der Waals surface area contributed by atoms with Crippen molar-refractivity contribution in [3.63, 3.8) is 0 Å². The summed E-state index contributed by atoms with van der Waals surface area (Å²) in [6, 6.07) is 17.2. The number of hydrogen-bond acceptors (Lipinski definition) is 5. The van der Waals surface area contributed by atoms with Crippen molar-refractivity contribution in [3.8, 4) is 0 Å². The number of hydrogen-bond donors (Lipinski definition) is 1. The van der Waals surface area contributed by atoms with Crippen LogP contribution < -0.4 is 5.32 Å². The molecule has 28 heavy (non-hydrogen) atoms. The van der Waals surface area contributed by atoms with Gasteiger partial charge in [0.1, 0.15) is 6.17 Å². The number of nitrogens with one attached hydrogen (secondary N) is 1. The standard InChI is InChI=1S/C20H15ClN4O3/c21-16-9-8-14(25(27)28)11-17(16)23-19-18-15(7-4-10-22-18)20(26)24(19)12-13-5-2-1-3-6-13/h1-11,19,23H,12H2. The van der Waals surface area contributed by atoms with Crippen LogP contribution >= 0.6 is 11.6 Å². The number of non-ortho nitro benzene ring substituents is 1. The van der Waals surface area contributed by atoms with E-state index in [9.17, 15) is 14.9 Å². The van der Waals surface area contributed by atoms with E-state index in [1.165, 1.54) is 18.2 Å². The van der Waals surface area contributed by atoms with Gasteiger partial charge in [0, 0.05) is 24.9 Å². The summed E-state index contributed by atoms with van der Waals surface area (Å²) in [7, 11) is 0. The Bertz CT molecular complexity index is 1060. The first-order chi connectivity index (χ1) is 13.5. The van der Waals surface area contributed by atoms with E-state index in [1.54, 1.807) is 23.2 Å². The summed E-state index contributed by atoms with van der Waals surface area (Å²) in [5.41, 5.74) is 2.29. The molecular formula is C20H15ClN4O3. The van der Waals surface area contributed by atoms with E-state index in [2.05, 4.69) is 10.3 Å². The minimum absolute atomic E-state index is 0.0907. The van der Waals surface area contributed by atoms with Crippen molar-refractivity contribution in [2.75, 3.05) is 5.32 Å². The second-order valence-electron chi connectivity index (χ2n) is 6.32. The third kappa shape index (κ3) is 3.27. The van der Waals surface area contributed by atoms with Gasteiger partial charge in [-0.1, -0.05) is 41.9 Å². The van der Waals surface area contributed by atoms with Crippen molar-refractivity contribution >= 4 is 28.9 Å². The van der Waals surface area contributed by atoms with Crippen LogP contribution in [0.15, 0.2) is 66.9 Å². The second-order valence-corrected chi connectivity index (χ2v) is 6.73. The molecule has 0 spiro atoms. The fourth-order valence-corrected chi connectivity index (χ4v) is 3.38. The Balaban J connectivity index is 1.72. The number of aromatic nitrogens is 1. The van der Waals surface area contributed by atoms with Crippen LogP contribution in [0.4, 0.5) is 11.4 Å². The SMILES string of the molecule is O=C1c2cccnc2C(Nc2cc([N+](=O)[O-])ccc2Cl)N1Cc1ccccc1. The first-order valence-corrected chi connectivity index (χ1v) is 8.92. The molecule has 1 atom stereocenters. The van der Waals surface area contributed by atoms with E-state index in [1.807, 2.05) is 30.3 Å². The molecular weight excluding hydrogens is 380 g/mol. The van der Waals surface area contributed by atoms with Crippen molar-refractivity contribution in [2.45, 2.75) is 12.7 Å². The van der Waals surface area contributed by atoms with E-state index in [0.717, 1.165) is 5.56 Å². The van der Waals surface area contributed by atoms with Crippen LogP contribution in [0.1, 0.15) is 27.8 Å². The van der Waals surface area contributed by atoms with E-state index in [-0.39, 0.29) is 11.6 Å². The summed E-state index contributed by atoms with van der Waals surface area (Å²) in [5, 5.41) is 14.6. The van der Waals surface area contributed by atoms with Gasteiger partial charge in [0.15, 0.2) is 0 Å².